The number of aryl methyl sites for hydroxylation is 1. The van der Waals surface area contributed by atoms with E-state index in [0.29, 0.717) is 12.4 Å². The lowest BCUT2D eigenvalue weighted by molar-refractivity contribution is 0.300. The fourth-order valence-electron chi connectivity index (χ4n) is 1.37. The molecule has 0 aliphatic rings. The van der Waals surface area contributed by atoms with Crippen LogP contribution in [0.2, 0.25) is 0 Å². The van der Waals surface area contributed by atoms with Gasteiger partial charge in [-0.1, -0.05) is 6.07 Å². The van der Waals surface area contributed by atoms with Gasteiger partial charge in [0.1, 0.15) is 18.2 Å². The third-order valence-corrected chi connectivity index (χ3v) is 2.15. The third kappa shape index (κ3) is 2.79. The zero-order chi connectivity index (χ0) is 11.4. The van der Waals surface area contributed by atoms with Gasteiger partial charge in [0.15, 0.2) is 0 Å². The van der Waals surface area contributed by atoms with Crippen molar-refractivity contribution < 1.29 is 9.13 Å². The Kier molecular flexibility index (Phi) is 3.15. The van der Waals surface area contributed by atoms with Gasteiger partial charge in [-0.15, -0.1) is 0 Å². The van der Waals surface area contributed by atoms with Gasteiger partial charge in [0, 0.05) is 5.69 Å². The molecule has 3 heteroatoms. The minimum atomic E-state index is -0.263. The van der Waals surface area contributed by atoms with Gasteiger partial charge in [-0.05, 0) is 43.3 Å². The molecule has 0 amide bonds. The number of aromatic nitrogens is 1. The lowest BCUT2D eigenvalue weighted by Gasteiger charge is -2.05. The Labute approximate surface area is 93.7 Å². The Balaban J connectivity index is 1.99. The van der Waals surface area contributed by atoms with Crippen LogP contribution in [0.4, 0.5) is 4.39 Å². The van der Waals surface area contributed by atoms with Crippen molar-refractivity contribution >= 4 is 0 Å². The molecule has 0 bridgehead atoms. The highest BCUT2D eigenvalue weighted by atomic mass is 19.1. The molecule has 0 spiro atoms. The van der Waals surface area contributed by atoms with Gasteiger partial charge in [-0.3, -0.25) is 4.98 Å². The van der Waals surface area contributed by atoms with Crippen LogP contribution in [0.5, 0.6) is 5.75 Å². The van der Waals surface area contributed by atoms with Gasteiger partial charge >= 0.3 is 0 Å². The molecule has 0 saturated carbocycles. The maximum atomic E-state index is 12.6. The lowest BCUT2D eigenvalue weighted by atomic mass is 10.3. The summed E-state index contributed by atoms with van der Waals surface area (Å²) in [6.45, 7) is 2.33. The van der Waals surface area contributed by atoms with E-state index in [1.807, 2.05) is 25.1 Å². The van der Waals surface area contributed by atoms with E-state index in [1.165, 1.54) is 12.1 Å². The normalized spacial score (nSPS) is 10.1. The molecule has 1 aromatic heterocycles. The Morgan fingerprint density at radius 3 is 2.56 bits per heavy atom. The molecule has 1 aromatic carbocycles. The maximum Gasteiger partial charge on any atom is 0.130 e. The molecular formula is C13H12FNO. The molecule has 16 heavy (non-hydrogen) atoms. The molecule has 0 saturated heterocycles. The molecule has 0 atom stereocenters. The SMILES string of the molecule is Cc1cccc(COc2ccc(F)cc2)n1. The number of ether oxygens (including phenoxy) is 1. The molecule has 0 radical (unpaired) electrons. The van der Waals surface area contributed by atoms with Crippen molar-refractivity contribution in [2.45, 2.75) is 13.5 Å². The van der Waals surface area contributed by atoms with E-state index in [-0.39, 0.29) is 5.82 Å². The predicted octanol–water partition coefficient (Wildman–Crippen LogP) is 3.11. The second-order valence-electron chi connectivity index (χ2n) is 3.51. The molecule has 0 aliphatic heterocycles. The van der Waals surface area contributed by atoms with E-state index in [0.717, 1.165) is 11.4 Å². The van der Waals surface area contributed by atoms with Crippen molar-refractivity contribution in [2.24, 2.45) is 0 Å². The first-order valence-corrected chi connectivity index (χ1v) is 5.05. The van der Waals surface area contributed by atoms with Crippen molar-refractivity contribution in [3.63, 3.8) is 0 Å². The minimum Gasteiger partial charge on any atom is -0.487 e. The molecule has 82 valence electrons. The van der Waals surface area contributed by atoms with Crippen LogP contribution in [-0.4, -0.2) is 4.98 Å². The second-order valence-corrected chi connectivity index (χ2v) is 3.51. The summed E-state index contributed by atoms with van der Waals surface area (Å²) in [5.41, 5.74) is 1.82. The second kappa shape index (κ2) is 4.75. The van der Waals surface area contributed by atoms with Crippen molar-refractivity contribution in [1.29, 1.82) is 0 Å². The maximum absolute atomic E-state index is 12.6. The number of hydrogen-bond acceptors (Lipinski definition) is 2. The number of rotatable bonds is 3. The third-order valence-electron chi connectivity index (χ3n) is 2.15. The average Bonchev–Trinajstić information content (AvgIpc) is 2.28. The summed E-state index contributed by atoms with van der Waals surface area (Å²) < 4.78 is 18.1. The Morgan fingerprint density at radius 2 is 1.88 bits per heavy atom. The largest absolute Gasteiger partial charge is 0.487 e. The number of halogens is 1. The van der Waals surface area contributed by atoms with E-state index in [9.17, 15) is 4.39 Å². The summed E-state index contributed by atoms with van der Waals surface area (Å²) >= 11 is 0. The summed E-state index contributed by atoms with van der Waals surface area (Å²) in [6.07, 6.45) is 0. The van der Waals surface area contributed by atoms with Gasteiger partial charge in [-0.2, -0.15) is 0 Å². The fraction of sp³-hybridized carbons (Fsp3) is 0.154. The Morgan fingerprint density at radius 1 is 1.12 bits per heavy atom. The monoisotopic (exact) mass is 217 g/mol. The smallest absolute Gasteiger partial charge is 0.130 e. The number of nitrogens with zero attached hydrogens (tertiary/aromatic N) is 1. The molecule has 0 N–H and O–H groups in total. The van der Waals surface area contributed by atoms with Crippen LogP contribution in [-0.2, 0) is 6.61 Å². The molecule has 2 aromatic rings. The first-order valence-electron chi connectivity index (χ1n) is 5.05. The molecular weight excluding hydrogens is 205 g/mol. The quantitative estimate of drug-likeness (QED) is 0.788. The van der Waals surface area contributed by atoms with Crippen LogP contribution in [0.25, 0.3) is 0 Å². The first kappa shape index (κ1) is 10.6. The Bertz CT molecular complexity index is 468. The van der Waals surface area contributed by atoms with Gasteiger partial charge in [0.05, 0.1) is 5.69 Å². The lowest BCUT2D eigenvalue weighted by Crippen LogP contribution is -1.98. The van der Waals surface area contributed by atoms with E-state index < -0.39 is 0 Å². The van der Waals surface area contributed by atoms with Gasteiger partial charge in [0.25, 0.3) is 0 Å². The highest BCUT2D eigenvalue weighted by Crippen LogP contribution is 2.12. The van der Waals surface area contributed by atoms with Crippen molar-refractivity contribution in [3.05, 3.63) is 59.7 Å². The minimum absolute atomic E-state index is 0.263. The van der Waals surface area contributed by atoms with E-state index in [1.54, 1.807) is 12.1 Å². The summed E-state index contributed by atoms with van der Waals surface area (Å²) in [7, 11) is 0. The molecule has 1 heterocycles. The number of hydrogen-bond donors (Lipinski definition) is 0. The van der Waals surface area contributed by atoms with Crippen molar-refractivity contribution in [2.75, 3.05) is 0 Å². The van der Waals surface area contributed by atoms with E-state index in [2.05, 4.69) is 4.98 Å². The fourth-order valence-corrected chi connectivity index (χ4v) is 1.37. The van der Waals surface area contributed by atoms with Gasteiger partial charge < -0.3 is 4.74 Å². The topological polar surface area (TPSA) is 22.1 Å². The average molecular weight is 217 g/mol. The molecule has 0 aliphatic carbocycles. The predicted molar refractivity (Wildman–Crippen MR) is 59.7 cm³/mol. The molecule has 2 nitrogen and oxygen atoms in total. The van der Waals surface area contributed by atoms with E-state index in [4.69, 9.17) is 4.74 Å². The number of benzene rings is 1. The van der Waals surface area contributed by atoms with Crippen LogP contribution in [0.3, 0.4) is 0 Å². The van der Waals surface area contributed by atoms with Crippen LogP contribution >= 0.6 is 0 Å². The van der Waals surface area contributed by atoms with Crippen LogP contribution < -0.4 is 4.74 Å². The Hall–Kier alpha value is -1.90. The van der Waals surface area contributed by atoms with Crippen molar-refractivity contribution in [3.8, 4) is 5.75 Å². The summed E-state index contributed by atoms with van der Waals surface area (Å²) in [5, 5.41) is 0. The van der Waals surface area contributed by atoms with Gasteiger partial charge in [-0.25, -0.2) is 4.39 Å². The molecule has 0 unspecified atom stereocenters. The molecule has 0 fully saturated rings. The van der Waals surface area contributed by atoms with Crippen LogP contribution in [0.1, 0.15) is 11.4 Å². The van der Waals surface area contributed by atoms with Crippen molar-refractivity contribution in [1.82, 2.24) is 4.98 Å². The van der Waals surface area contributed by atoms with E-state index >= 15 is 0 Å². The highest BCUT2D eigenvalue weighted by Gasteiger charge is 1.97. The zero-order valence-electron chi connectivity index (χ0n) is 8.98. The zero-order valence-corrected chi connectivity index (χ0v) is 8.98. The number of pyridine rings is 1. The summed E-state index contributed by atoms with van der Waals surface area (Å²) in [6, 6.07) is 11.7. The summed E-state index contributed by atoms with van der Waals surface area (Å²) in [4.78, 5) is 4.31. The van der Waals surface area contributed by atoms with Gasteiger partial charge in [0.2, 0.25) is 0 Å². The highest BCUT2D eigenvalue weighted by molar-refractivity contribution is 5.22. The van der Waals surface area contributed by atoms with Crippen LogP contribution in [0, 0.1) is 12.7 Å². The molecule has 2 rings (SSSR count). The standard InChI is InChI=1S/C13H12FNO/c1-10-3-2-4-12(15-10)9-16-13-7-5-11(14)6-8-13/h2-8H,9H2,1H3. The first-order chi connectivity index (χ1) is 7.74. The summed E-state index contributed by atoms with van der Waals surface area (Å²) in [5.74, 6) is 0.380. The van der Waals surface area contributed by atoms with Crippen LogP contribution in [0.15, 0.2) is 42.5 Å².